The van der Waals surface area contributed by atoms with E-state index in [1.165, 1.54) is 42.3 Å². The summed E-state index contributed by atoms with van der Waals surface area (Å²) >= 11 is 0. The third-order valence-corrected chi connectivity index (χ3v) is 3.63. The molecule has 150 valence electrons. The molecular weight excluding hydrogens is 381 g/mol. The largest absolute Gasteiger partial charge is 0.573 e. The molecule has 0 fully saturated rings. The topological polar surface area (TPSA) is 88.1 Å². The van der Waals surface area contributed by atoms with Crippen LogP contribution in [0.25, 0.3) is 0 Å². The van der Waals surface area contributed by atoms with Gasteiger partial charge in [0.1, 0.15) is 17.1 Å². The van der Waals surface area contributed by atoms with Crippen LogP contribution in [-0.2, 0) is 0 Å². The smallest absolute Gasteiger partial charge is 0.496 e. The number of amides is 2. The molecule has 10 heteroatoms. The van der Waals surface area contributed by atoms with Crippen molar-refractivity contribution in [2.45, 2.75) is 13.3 Å². The first kappa shape index (κ1) is 20.9. The van der Waals surface area contributed by atoms with Gasteiger partial charge in [-0.15, -0.1) is 13.2 Å². The number of carbonyl (C=O) groups excluding carboxylic acids is 1. The molecule has 0 aliphatic carbocycles. The average molecular weight is 398 g/mol. The van der Waals surface area contributed by atoms with Crippen LogP contribution in [0.2, 0.25) is 0 Å². The van der Waals surface area contributed by atoms with Gasteiger partial charge in [-0.25, -0.2) is 9.59 Å². The Balaban J connectivity index is 2.16. The fourth-order valence-electron chi connectivity index (χ4n) is 2.40. The van der Waals surface area contributed by atoms with Gasteiger partial charge in [-0.05, 0) is 43.3 Å². The molecule has 2 N–H and O–H groups in total. The first-order chi connectivity index (χ1) is 13.1. The lowest BCUT2D eigenvalue weighted by Gasteiger charge is -2.22. The Labute approximate surface area is 158 Å². The second-order valence-corrected chi connectivity index (χ2v) is 5.44. The van der Waals surface area contributed by atoms with Crippen molar-refractivity contribution in [1.29, 1.82) is 0 Å². The highest BCUT2D eigenvalue weighted by Crippen LogP contribution is 2.27. The van der Waals surface area contributed by atoms with Crippen LogP contribution in [0.15, 0.2) is 42.5 Å². The summed E-state index contributed by atoms with van der Waals surface area (Å²) in [5.74, 6) is -1.49. The van der Waals surface area contributed by atoms with Crippen LogP contribution in [0.5, 0.6) is 11.5 Å². The number of benzene rings is 2. The highest BCUT2D eigenvalue weighted by molar-refractivity contribution is 6.02. The second-order valence-electron chi connectivity index (χ2n) is 5.44. The summed E-state index contributed by atoms with van der Waals surface area (Å²) in [5, 5.41) is 11.7. The fraction of sp³-hybridized carbons (Fsp3) is 0.222. The molecule has 0 heterocycles. The number of aromatic carboxylic acids is 1. The van der Waals surface area contributed by atoms with E-state index in [0.29, 0.717) is 5.69 Å². The van der Waals surface area contributed by atoms with Gasteiger partial charge in [0.25, 0.3) is 0 Å². The third-order valence-electron chi connectivity index (χ3n) is 3.63. The van der Waals surface area contributed by atoms with Gasteiger partial charge >= 0.3 is 18.4 Å². The lowest BCUT2D eigenvalue weighted by atomic mass is 10.1. The number of hydrogen-bond acceptors (Lipinski definition) is 4. The predicted octanol–water partition coefficient (Wildman–Crippen LogP) is 4.35. The van der Waals surface area contributed by atoms with E-state index in [2.05, 4.69) is 10.1 Å². The summed E-state index contributed by atoms with van der Waals surface area (Å²) in [4.78, 5) is 25.0. The number of anilines is 2. The number of carboxylic acids is 1. The summed E-state index contributed by atoms with van der Waals surface area (Å²) in [7, 11) is 1.31. The van der Waals surface area contributed by atoms with Gasteiger partial charge in [-0.2, -0.15) is 0 Å². The summed E-state index contributed by atoms with van der Waals surface area (Å²) in [5.41, 5.74) is 0.592. The normalized spacial score (nSPS) is 10.9. The summed E-state index contributed by atoms with van der Waals surface area (Å²) in [6.07, 6.45) is -4.80. The number of rotatable bonds is 6. The molecule has 2 aromatic rings. The Morgan fingerprint density at radius 1 is 1.14 bits per heavy atom. The number of urea groups is 1. The second kappa shape index (κ2) is 8.51. The number of alkyl halides is 3. The Hall–Kier alpha value is -3.43. The molecule has 0 saturated carbocycles. The van der Waals surface area contributed by atoms with Gasteiger partial charge in [0, 0.05) is 24.0 Å². The summed E-state index contributed by atoms with van der Waals surface area (Å²) < 4.78 is 45.4. The van der Waals surface area contributed by atoms with Gasteiger partial charge in [-0.3, -0.25) is 4.90 Å². The van der Waals surface area contributed by atoms with E-state index in [0.717, 1.165) is 12.1 Å². The van der Waals surface area contributed by atoms with Crippen molar-refractivity contribution in [2.75, 3.05) is 23.9 Å². The molecule has 2 rings (SSSR count). The van der Waals surface area contributed by atoms with Crippen molar-refractivity contribution < 1.29 is 37.3 Å². The van der Waals surface area contributed by atoms with Crippen molar-refractivity contribution in [3.63, 3.8) is 0 Å². The Morgan fingerprint density at radius 3 is 2.29 bits per heavy atom. The van der Waals surface area contributed by atoms with Crippen LogP contribution in [0.4, 0.5) is 29.3 Å². The van der Waals surface area contributed by atoms with E-state index in [1.54, 1.807) is 6.92 Å². The van der Waals surface area contributed by atoms with Crippen molar-refractivity contribution >= 4 is 23.4 Å². The minimum absolute atomic E-state index is 0.0528. The van der Waals surface area contributed by atoms with Crippen LogP contribution in [0, 0.1) is 0 Å². The Bertz CT molecular complexity index is 853. The zero-order valence-corrected chi connectivity index (χ0v) is 14.9. The number of carbonyl (C=O) groups is 2. The van der Waals surface area contributed by atoms with Crippen LogP contribution in [-0.4, -0.2) is 37.1 Å². The molecule has 0 bridgehead atoms. The van der Waals surface area contributed by atoms with Crippen LogP contribution in [0.3, 0.4) is 0 Å². The summed E-state index contributed by atoms with van der Waals surface area (Å²) in [6, 6.07) is 8.30. The summed E-state index contributed by atoms with van der Waals surface area (Å²) in [6.45, 7) is 1.95. The van der Waals surface area contributed by atoms with E-state index in [1.807, 2.05) is 0 Å². The number of nitrogens with zero attached hydrogens (tertiary/aromatic N) is 1. The lowest BCUT2D eigenvalue weighted by molar-refractivity contribution is -0.274. The average Bonchev–Trinajstić information content (AvgIpc) is 2.62. The van der Waals surface area contributed by atoms with Crippen LogP contribution < -0.4 is 19.7 Å². The lowest BCUT2D eigenvalue weighted by Crippen LogP contribution is -2.34. The monoisotopic (exact) mass is 398 g/mol. The molecule has 0 radical (unpaired) electrons. The highest BCUT2D eigenvalue weighted by Gasteiger charge is 2.31. The van der Waals surface area contributed by atoms with E-state index >= 15 is 0 Å². The molecule has 0 spiro atoms. The van der Waals surface area contributed by atoms with Crippen molar-refractivity contribution in [1.82, 2.24) is 0 Å². The zero-order valence-electron chi connectivity index (χ0n) is 14.9. The van der Waals surface area contributed by atoms with E-state index in [9.17, 15) is 22.8 Å². The molecule has 0 unspecified atom stereocenters. The van der Waals surface area contributed by atoms with Gasteiger partial charge in [0.15, 0.2) is 0 Å². The van der Waals surface area contributed by atoms with Crippen LogP contribution >= 0.6 is 0 Å². The maximum Gasteiger partial charge on any atom is 0.573 e. The van der Waals surface area contributed by atoms with Crippen LogP contribution in [0.1, 0.15) is 17.3 Å². The molecule has 0 aromatic heterocycles. The molecule has 7 nitrogen and oxygen atoms in total. The molecular formula is C18H17F3N2O5. The standard InChI is InChI=1S/C18H17F3N2O5/c1-3-23(12-6-9-14(16(24)25)15(10-12)27-2)17(26)22-11-4-7-13(8-5-11)28-18(19,20)21/h4-10H,3H2,1-2H3,(H,22,26)(H,24,25). The maximum atomic E-state index is 12.5. The Morgan fingerprint density at radius 2 is 1.79 bits per heavy atom. The number of halogens is 3. The Kier molecular flexibility index (Phi) is 6.34. The number of methoxy groups -OCH3 is 1. The molecule has 2 amide bonds. The molecule has 0 aliphatic rings. The number of ether oxygens (including phenoxy) is 2. The van der Waals surface area contributed by atoms with Gasteiger partial charge < -0.3 is 19.9 Å². The first-order valence-electron chi connectivity index (χ1n) is 8.00. The number of carboxylic acid groups (broad SMARTS) is 1. The third kappa shape index (κ3) is 5.29. The minimum atomic E-state index is -4.80. The highest BCUT2D eigenvalue weighted by atomic mass is 19.4. The van der Waals surface area contributed by atoms with Crippen molar-refractivity contribution in [3.8, 4) is 11.5 Å². The van der Waals surface area contributed by atoms with E-state index in [4.69, 9.17) is 9.84 Å². The number of nitrogens with one attached hydrogen (secondary N) is 1. The fourth-order valence-corrected chi connectivity index (χ4v) is 2.40. The maximum absolute atomic E-state index is 12.5. The first-order valence-corrected chi connectivity index (χ1v) is 8.00. The predicted molar refractivity (Wildman–Crippen MR) is 95.1 cm³/mol. The molecule has 2 aromatic carbocycles. The minimum Gasteiger partial charge on any atom is -0.496 e. The SMILES string of the molecule is CCN(C(=O)Nc1ccc(OC(F)(F)F)cc1)c1ccc(C(=O)O)c(OC)c1. The van der Waals surface area contributed by atoms with Gasteiger partial charge in [-0.1, -0.05) is 0 Å². The quantitative estimate of drug-likeness (QED) is 0.755. The number of hydrogen-bond donors (Lipinski definition) is 2. The molecule has 28 heavy (non-hydrogen) atoms. The molecule has 0 aliphatic heterocycles. The molecule has 0 atom stereocenters. The van der Waals surface area contributed by atoms with Crippen molar-refractivity contribution in [3.05, 3.63) is 48.0 Å². The zero-order chi connectivity index (χ0) is 20.9. The van der Waals surface area contributed by atoms with Gasteiger partial charge in [0.2, 0.25) is 0 Å². The van der Waals surface area contributed by atoms with E-state index < -0.39 is 24.1 Å². The molecule has 0 saturated heterocycles. The van der Waals surface area contributed by atoms with Gasteiger partial charge in [0.05, 0.1) is 7.11 Å². The van der Waals surface area contributed by atoms with E-state index in [-0.39, 0.29) is 23.5 Å². The van der Waals surface area contributed by atoms with Crippen molar-refractivity contribution in [2.24, 2.45) is 0 Å².